The van der Waals surface area contributed by atoms with E-state index < -0.39 is 19.4 Å². The summed E-state index contributed by atoms with van der Waals surface area (Å²) in [6.45, 7) is 106. The van der Waals surface area contributed by atoms with Crippen LogP contribution in [-0.4, -0.2) is 368 Å². The summed E-state index contributed by atoms with van der Waals surface area (Å²) in [5, 5.41) is 47.6. The maximum absolute atomic E-state index is 12.5. The lowest BCUT2D eigenvalue weighted by Crippen LogP contribution is -2.55. The van der Waals surface area contributed by atoms with Crippen molar-refractivity contribution in [2.75, 3.05) is 217 Å². The number of nitrogens with zero attached hydrogens (tertiary/aromatic N) is 7. The van der Waals surface area contributed by atoms with Crippen LogP contribution in [0, 0.1) is 45.8 Å². The third-order valence-electron chi connectivity index (χ3n) is 31.1. The molecule has 14 aliphatic rings. The van der Waals surface area contributed by atoms with Gasteiger partial charge in [-0.1, -0.05) is 40.5 Å². The Morgan fingerprint density at radius 2 is 0.760 bits per heavy atom. The minimum atomic E-state index is -0.585. The predicted octanol–water partition coefficient (Wildman–Crippen LogP) is 19.2. The Bertz CT molecular complexity index is 3240. The Labute approximate surface area is 900 Å². The van der Waals surface area contributed by atoms with E-state index in [9.17, 15) is 8.78 Å². The van der Waals surface area contributed by atoms with Crippen LogP contribution in [0.3, 0.4) is 0 Å². The molecular weight excluding hydrogens is 1830 g/mol. The van der Waals surface area contributed by atoms with Crippen LogP contribution < -0.4 is 58.5 Å². The quantitative estimate of drug-likeness (QED) is 0.0362. The SMILES string of the molecule is CC(C)(C)NC1CCC(N2CCN(C3CCOCC3)CC2)CC1.CC(C)(C)NC1CCN(C2CC2)CC1.CC(C)(C)NCC1CCOC1.CC(C)(C)NCC1CN(CC#N)CCO1.CC(C)(C)NCC1COCCN1.CC(C)(C)NC[C@@H]1CCN(C2CCC2)C1.CC(C)(C)N[C@H]1CCN(C(CF)CF)C1.CC(C)(C)OCC1COCCN1.CC1(C)CCC(CNC(C)(C)C)CC1.CCC1(C)CCC(CNC(C)(C)C)CC1. The first-order valence-corrected chi connectivity index (χ1v) is 59.7. The van der Waals surface area contributed by atoms with Crippen molar-refractivity contribution in [1.82, 2.24) is 87.9 Å². The molecule has 24 nitrogen and oxygen atoms in total. The summed E-state index contributed by atoms with van der Waals surface area (Å²) in [5.74, 6) is 3.48. The van der Waals surface area contributed by atoms with Crippen LogP contribution in [0.25, 0.3) is 0 Å². The van der Waals surface area contributed by atoms with Crippen LogP contribution in [0.2, 0.25) is 0 Å². The molecule has 9 saturated heterocycles. The van der Waals surface area contributed by atoms with Gasteiger partial charge in [0.25, 0.3) is 0 Å². The Hall–Kier alpha value is -1.57. The van der Waals surface area contributed by atoms with E-state index in [1.54, 1.807) is 0 Å². The molecule has 9 aliphatic heterocycles. The zero-order valence-corrected chi connectivity index (χ0v) is 102. The fourth-order valence-corrected chi connectivity index (χ4v) is 21.3. The van der Waals surface area contributed by atoms with Gasteiger partial charge >= 0.3 is 0 Å². The van der Waals surface area contributed by atoms with Gasteiger partial charge in [0.2, 0.25) is 0 Å². The average molecular weight is 2070 g/mol. The minimum Gasteiger partial charge on any atom is -0.381 e. The van der Waals surface area contributed by atoms with E-state index in [2.05, 4.69) is 324 Å². The maximum atomic E-state index is 12.5. The molecule has 0 aromatic rings. The molecule has 146 heavy (non-hydrogen) atoms. The molecule has 11 N–H and O–H groups in total. The Balaban J connectivity index is 0.000000287. The van der Waals surface area contributed by atoms with Crippen LogP contribution in [0.15, 0.2) is 0 Å². The van der Waals surface area contributed by atoms with Crippen LogP contribution in [0.4, 0.5) is 8.78 Å². The lowest BCUT2D eigenvalue weighted by molar-refractivity contribution is -0.0380. The summed E-state index contributed by atoms with van der Waals surface area (Å²) in [6.07, 6.45) is 34.4. The van der Waals surface area contributed by atoms with Gasteiger partial charge in [0, 0.05) is 210 Å². The Morgan fingerprint density at radius 1 is 0.363 bits per heavy atom. The summed E-state index contributed by atoms with van der Waals surface area (Å²) in [7, 11) is 0. The van der Waals surface area contributed by atoms with Crippen molar-refractivity contribution in [3.05, 3.63) is 0 Å². The van der Waals surface area contributed by atoms with E-state index in [0.29, 0.717) is 35.5 Å². The molecule has 9 heterocycles. The number of piperazine rings is 1. The normalized spacial score (nSPS) is 27.5. The van der Waals surface area contributed by atoms with Crippen molar-refractivity contribution in [2.45, 2.75) is 518 Å². The highest BCUT2D eigenvalue weighted by atomic mass is 19.1. The van der Waals surface area contributed by atoms with Gasteiger partial charge in [-0.05, 0) is 429 Å². The molecule has 5 aliphatic carbocycles. The zero-order valence-electron chi connectivity index (χ0n) is 102. The summed E-state index contributed by atoms with van der Waals surface area (Å²) in [4.78, 5) is 15.0. The fourth-order valence-electron chi connectivity index (χ4n) is 21.3. The average Bonchev–Trinajstić information content (AvgIpc) is 1.44. The number of likely N-dealkylation sites (tertiary alicyclic amines) is 3. The van der Waals surface area contributed by atoms with Gasteiger partial charge in [0.1, 0.15) is 13.3 Å². The smallest absolute Gasteiger partial charge is 0.107 e. The van der Waals surface area contributed by atoms with Crippen molar-refractivity contribution < 1.29 is 37.2 Å². The first-order valence-electron chi connectivity index (χ1n) is 59.7. The second-order valence-electron chi connectivity index (χ2n) is 57.8. The van der Waals surface area contributed by atoms with Crippen LogP contribution in [-0.2, 0) is 28.4 Å². The van der Waals surface area contributed by atoms with Crippen molar-refractivity contribution in [3.8, 4) is 6.07 Å². The standard InChI is InChI=1S/C19H37N3O.C14H29N.C13H26N2.C13H27N.C12H24N2.C11H22F2N2.C11H21N3O.C9H20N2O.C9H19NO2.C9H19NO/c1-19(2,3)20-16-4-6-17(7-5-16)21-10-12-22(13-11-21)18-8-14-23-15-9-18;1-6-14(5)9-7-12(8-10-14)11-15-13(2,3)4;1-13(2,3)14-9-11-7-8-15(10-11)12-5-4-6-12;1-12(2,3)14-10-11-6-8-13(4,5)9-7-11;1-12(2,3)13-10-6-8-14(9-7-10)11-4-5-11;1-11(2,3)14-9-4-5-15(8-9)10(6-12)7-13;1-11(2,3)13-8-10-9-14(5-4-12)6-7-15-10;1-9(2,3)11-6-8-7-12-5-4-10-8;1-9(2,3)12-7-8-6-11-5-4-10-8;1-9(2,3)10-6-8-4-5-11-7-8/h16-18,20H,4-15H2,1-3H3;12,15H,6-11H2,1-5H3;11-12,14H,4-10H2,1-3H3;11,14H,6-10H2,1-5H3;10-11,13H,4-9H2,1-3H3;9-10,14H,4-8H2,1-3H3;10,13H,5-9H2,1-3H3;8,10-11H,4-7H2,1-3H3;8,10H,4-7H2,1-3H3;8,10H,4-7H2,1-3H3/t;;11-;;;9-;;;;/m..0..0..../s1. The van der Waals surface area contributed by atoms with Gasteiger partial charge in [-0.15, -0.1) is 0 Å². The summed E-state index contributed by atoms with van der Waals surface area (Å²) in [6, 6.07) is 7.90. The lowest BCUT2D eigenvalue weighted by atomic mass is 9.70. The molecule has 864 valence electrons. The Kier molecular flexibility index (Phi) is 61.3. The van der Waals surface area contributed by atoms with E-state index in [-0.39, 0.29) is 61.6 Å². The summed E-state index contributed by atoms with van der Waals surface area (Å²) >= 11 is 0. The number of alkyl halides is 2. The minimum absolute atomic E-state index is 0.0425. The van der Waals surface area contributed by atoms with Crippen molar-refractivity contribution in [1.29, 1.82) is 5.26 Å². The van der Waals surface area contributed by atoms with Crippen molar-refractivity contribution in [2.24, 2.45) is 34.5 Å². The molecule has 0 aromatic heterocycles. The largest absolute Gasteiger partial charge is 0.381 e. The number of piperidine rings is 1. The molecule has 0 amide bonds. The van der Waals surface area contributed by atoms with Gasteiger partial charge in [-0.3, -0.25) is 19.6 Å². The number of hydrogen-bond donors (Lipinski definition) is 11. The molecule has 0 bridgehead atoms. The molecule has 6 atom stereocenters. The highest BCUT2D eigenvalue weighted by Crippen LogP contribution is 2.42. The first-order chi connectivity index (χ1) is 67.9. The van der Waals surface area contributed by atoms with Crippen LogP contribution in [0.1, 0.15) is 396 Å². The van der Waals surface area contributed by atoms with E-state index in [1.807, 2.05) is 4.90 Å². The molecule has 0 spiro atoms. The van der Waals surface area contributed by atoms with Gasteiger partial charge in [0.15, 0.2) is 0 Å². The van der Waals surface area contributed by atoms with E-state index in [4.69, 9.17) is 33.7 Å². The number of nitriles is 1. The molecule has 14 fully saturated rings. The Morgan fingerprint density at radius 3 is 1.18 bits per heavy atom. The van der Waals surface area contributed by atoms with Gasteiger partial charge in [0.05, 0.1) is 82.7 Å². The highest BCUT2D eigenvalue weighted by molar-refractivity contribution is 4.96. The molecule has 4 unspecified atom stereocenters. The summed E-state index contributed by atoms with van der Waals surface area (Å²) in [5.41, 5.74) is 3.27. The number of hydrogen-bond acceptors (Lipinski definition) is 24. The zero-order chi connectivity index (χ0) is 109. The molecule has 0 radical (unpaired) electrons. The summed E-state index contributed by atoms with van der Waals surface area (Å²) < 4.78 is 57.6. The van der Waals surface area contributed by atoms with E-state index in [0.717, 1.165) is 191 Å². The second-order valence-corrected chi connectivity index (χ2v) is 57.8. The van der Waals surface area contributed by atoms with E-state index in [1.165, 1.54) is 226 Å². The number of rotatable bonds is 26. The lowest BCUT2D eigenvalue weighted by Gasteiger charge is -2.45. The monoisotopic (exact) mass is 2070 g/mol. The maximum Gasteiger partial charge on any atom is 0.107 e. The van der Waals surface area contributed by atoms with Crippen LogP contribution in [0.5, 0.6) is 0 Å². The predicted molar refractivity (Wildman–Crippen MR) is 617 cm³/mol. The molecule has 0 aromatic carbocycles. The third kappa shape index (κ3) is 66.2. The van der Waals surface area contributed by atoms with Crippen molar-refractivity contribution >= 4 is 0 Å². The molecule has 14 rings (SSSR count). The van der Waals surface area contributed by atoms with Gasteiger partial charge in [-0.2, -0.15) is 5.26 Å². The molecule has 5 saturated carbocycles. The van der Waals surface area contributed by atoms with E-state index >= 15 is 0 Å². The number of halogens is 2. The topological polar surface area (TPSA) is 231 Å². The van der Waals surface area contributed by atoms with Gasteiger partial charge < -0.3 is 96.7 Å². The van der Waals surface area contributed by atoms with Crippen LogP contribution >= 0.6 is 0 Å². The van der Waals surface area contributed by atoms with Crippen molar-refractivity contribution in [3.63, 3.8) is 0 Å². The highest BCUT2D eigenvalue weighted by Gasteiger charge is 2.39. The number of nitrogens with one attached hydrogen (secondary N) is 11. The third-order valence-corrected chi connectivity index (χ3v) is 31.1. The first kappa shape index (κ1) is 135. The molecular formula is C120H244F2N18O6. The molecule has 26 heteroatoms. The second kappa shape index (κ2) is 66.3. The van der Waals surface area contributed by atoms with Gasteiger partial charge in [-0.25, -0.2) is 8.78 Å². The fraction of sp³-hybridized carbons (Fsp3) is 0.992. The number of ether oxygens (including phenoxy) is 6. The number of morpholine rings is 3.